The van der Waals surface area contributed by atoms with Crippen LogP contribution in [0.5, 0.6) is 0 Å². The Hall–Kier alpha value is -1.37. The summed E-state index contributed by atoms with van der Waals surface area (Å²) in [6.45, 7) is 12.0. The highest BCUT2D eigenvalue weighted by Crippen LogP contribution is 2.63. The van der Waals surface area contributed by atoms with Crippen molar-refractivity contribution in [2.24, 2.45) is 34.5 Å². The van der Waals surface area contributed by atoms with E-state index in [1.165, 1.54) is 37.7 Å². The summed E-state index contributed by atoms with van der Waals surface area (Å²) < 4.78 is 0. The van der Waals surface area contributed by atoms with E-state index in [2.05, 4.69) is 58.9 Å². The molecular weight excluding hydrogens is 340 g/mol. The third-order valence-corrected chi connectivity index (χ3v) is 8.65. The molecule has 1 heteroatoms. The third kappa shape index (κ3) is 3.10. The van der Waals surface area contributed by atoms with Crippen LogP contribution in [0.4, 0.5) is 0 Å². The van der Waals surface area contributed by atoms with E-state index in [0.29, 0.717) is 23.0 Å². The number of allylic oxidation sites excluding steroid dienone is 8. The number of carbonyl (C=O) groups is 1. The minimum Gasteiger partial charge on any atom is -0.295 e. The average Bonchev–Trinajstić information content (AvgIpc) is 2.99. The van der Waals surface area contributed by atoms with Gasteiger partial charge in [-0.3, -0.25) is 4.79 Å². The van der Waals surface area contributed by atoms with Crippen molar-refractivity contribution in [1.82, 2.24) is 0 Å². The lowest BCUT2D eigenvalue weighted by molar-refractivity contribution is -0.116. The largest absolute Gasteiger partial charge is 0.295 e. The maximum Gasteiger partial charge on any atom is 0.156 e. The van der Waals surface area contributed by atoms with E-state index in [1.54, 1.807) is 11.1 Å². The van der Waals surface area contributed by atoms with Crippen molar-refractivity contribution in [3.63, 3.8) is 0 Å². The van der Waals surface area contributed by atoms with Crippen LogP contribution in [-0.2, 0) is 4.79 Å². The van der Waals surface area contributed by atoms with Crippen molar-refractivity contribution in [2.75, 3.05) is 0 Å². The lowest BCUT2D eigenvalue weighted by Crippen LogP contribution is -2.41. The van der Waals surface area contributed by atoms with Crippen LogP contribution in [0.15, 0.2) is 47.1 Å². The van der Waals surface area contributed by atoms with Crippen LogP contribution in [-0.4, -0.2) is 5.78 Å². The first kappa shape index (κ1) is 19.9. The number of rotatable bonds is 4. The second kappa shape index (κ2) is 7.15. The summed E-state index contributed by atoms with van der Waals surface area (Å²) in [5.41, 5.74) is 5.23. The molecule has 4 aliphatic rings. The minimum absolute atomic E-state index is 0.174. The Balaban J connectivity index is 1.65. The van der Waals surface area contributed by atoms with Crippen LogP contribution < -0.4 is 0 Å². The molecule has 0 saturated heterocycles. The Labute approximate surface area is 172 Å². The molecule has 0 spiro atoms. The van der Waals surface area contributed by atoms with E-state index >= 15 is 0 Å². The van der Waals surface area contributed by atoms with Gasteiger partial charge in [0, 0.05) is 6.42 Å². The topological polar surface area (TPSA) is 17.1 Å². The number of fused-ring (bicyclic) bond motifs is 4. The van der Waals surface area contributed by atoms with Crippen molar-refractivity contribution in [3.05, 3.63) is 47.1 Å². The van der Waals surface area contributed by atoms with E-state index in [9.17, 15) is 4.79 Å². The molecule has 5 atom stereocenters. The summed E-state index contributed by atoms with van der Waals surface area (Å²) in [7, 11) is 0. The lowest BCUT2D eigenvalue weighted by atomic mass is 9.53. The van der Waals surface area contributed by atoms with Crippen molar-refractivity contribution >= 4 is 5.78 Å². The van der Waals surface area contributed by atoms with E-state index in [0.717, 1.165) is 24.7 Å². The molecule has 0 aliphatic heterocycles. The summed E-state index contributed by atoms with van der Waals surface area (Å²) >= 11 is 0. The van der Waals surface area contributed by atoms with E-state index in [-0.39, 0.29) is 5.41 Å². The summed E-state index contributed by atoms with van der Waals surface area (Å²) in [5.74, 6) is 3.10. The predicted molar refractivity (Wildman–Crippen MR) is 118 cm³/mol. The maximum atomic E-state index is 12.0. The molecule has 0 aromatic heterocycles. The first-order valence-corrected chi connectivity index (χ1v) is 11.6. The van der Waals surface area contributed by atoms with Gasteiger partial charge in [-0.15, -0.1) is 0 Å². The van der Waals surface area contributed by atoms with Crippen LogP contribution in [0.2, 0.25) is 0 Å². The smallest absolute Gasteiger partial charge is 0.156 e. The van der Waals surface area contributed by atoms with Gasteiger partial charge >= 0.3 is 0 Å². The zero-order valence-electron chi connectivity index (χ0n) is 18.6. The van der Waals surface area contributed by atoms with Gasteiger partial charge in [0.2, 0.25) is 0 Å². The molecule has 1 saturated carbocycles. The quantitative estimate of drug-likeness (QED) is 0.472. The average molecular weight is 379 g/mol. The summed E-state index contributed by atoms with van der Waals surface area (Å²) in [5, 5.41) is 0. The van der Waals surface area contributed by atoms with Crippen molar-refractivity contribution in [2.45, 2.75) is 79.6 Å². The Morgan fingerprint density at radius 3 is 2.61 bits per heavy atom. The zero-order valence-corrected chi connectivity index (χ0v) is 18.6. The van der Waals surface area contributed by atoms with Crippen LogP contribution in [0, 0.1) is 34.5 Å². The first-order chi connectivity index (χ1) is 13.3. The molecule has 4 rings (SSSR count). The molecule has 4 aliphatic carbocycles. The Morgan fingerprint density at radius 1 is 1.07 bits per heavy atom. The van der Waals surface area contributed by atoms with Gasteiger partial charge in [0.05, 0.1) is 0 Å². The van der Waals surface area contributed by atoms with Crippen LogP contribution in [0.25, 0.3) is 0 Å². The fraction of sp³-hybridized carbons (Fsp3) is 0.667. The molecule has 152 valence electrons. The molecule has 28 heavy (non-hydrogen) atoms. The third-order valence-electron chi connectivity index (χ3n) is 8.65. The molecule has 0 radical (unpaired) electrons. The summed E-state index contributed by atoms with van der Waals surface area (Å²) in [6.07, 6.45) is 19.7. The van der Waals surface area contributed by atoms with Gasteiger partial charge in [0.1, 0.15) is 0 Å². The minimum atomic E-state index is 0.174. The van der Waals surface area contributed by atoms with Crippen LogP contribution >= 0.6 is 0 Å². The Morgan fingerprint density at radius 2 is 1.86 bits per heavy atom. The summed E-state index contributed by atoms with van der Waals surface area (Å²) in [6, 6.07) is 0. The van der Waals surface area contributed by atoms with Crippen LogP contribution in [0.1, 0.15) is 79.6 Å². The second-order valence-electron chi connectivity index (χ2n) is 10.8. The number of carbonyl (C=O) groups excluding carboxylic acids is 1. The van der Waals surface area contributed by atoms with E-state index in [1.807, 2.05) is 6.08 Å². The molecule has 1 fully saturated rings. The molecule has 0 aromatic carbocycles. The van der Waals surface area contributed by atoms with Crippen molar-refractivity contribution < 1.29 is 4.79 Å². The van der Waals surface area contributed by atoms with E-state index in [4.69, 9.17) is 0 Å². The lowest BCUT2D eigenvalue weighted by Gasteiger charge is -2.51. The van der Waals surface area contributed by atoms with Gasteiger partial charge in [0.15, 0.2) is 5.78 Å². The van der Waals surface area contributed by atoms with Gasteiger partial charge in [-0.05, 0) is 90.2 Å². The Bertz CT molecular complexity index is 776. The van der Waals surface area contributed by atoms with Gasteiger partial charge in [-0.2, -0.15) is 0 Å². The highest BCUT2D eigenvalue weighted by molar-refractivity contribution is 5.92. The predicted octanol–water partition coefficient (Wildman–Crippen LogP) is 7.21. The molecule has 2 unspecified atom stereocenters. The van der Waals surface area contributed by atoms with Crippen LogP contribution in [0.3, 0.4) is 0 Å². The normalized spacial score (nSPS) is 38.5. The fourth-order valence-corrected chi connectivity index (χ4v) is 6.90. The molecule has 0 bridgehead atoms. The number of hydrogen-bond acceptors (Lipinski definition) is 1. The number of ketones is 1. The second-order valence-corrected chi connectivity index (χ2v) is 10.8. The molecule has 0 heterocycles. The molecule has 1 nitrogen and oxygen atoms in total. The molecule has 0 amide bonds. The van der Waals surface area contributed by atoms with Gasteiger partial charge in [0.25, 0.3) is 0 Å². The highest BCUT2D eigenvalue weighted by Gasteiger charge is 2.53. The zero-order chi connectivity index (χ0) is 20.1. The molecule has 0 N–H and O–H groups in total. The van der Waals surface area contributed by atoms with Gasteiger partial charge < -0.3 is 0 Å². The number of hydrogen-bond donors (Lipinski definition) is 0. The van der Waals surface area contributed by atoms with Crippen molar-refractivity contribution in [3.8, 4) is 0 Å². The SMILES string of the molecule is CC(C)C/C=C/C(C)[C@H]1CCC2=C3C=CC4=CC(=O)CC[C@]4(C)C3CC[C@@]21C. The van der Waals surface area contributed by atoms with Gasteiger partial charge in [-0.1, -0.05) is 64.5 Å². The summed E-state index contributed by atoms with van der Waals surface area (Å²) in [4.78, 5) is 12.0. The monoisotopic (exact) mass is 378 g/mol. The first-order valence-electron chi connectivity index (χ1n) is 11.6. The highest BCUT2D eigenvalue weighted by atomic mass is 16.1. The molecule has 0 aromatic rings. The maximum absolute atomic E-state index is 12.0. The van der Waals surface area contributed by atoms with E-state index < -0.39 is 0 Å². The molecular formula is C27H38O. The van der Waals surface area contributed by atoms with Gasteiger partial charge in [-0.25, -0.2) is 0 Å². The standard InChI is InChI=1S/C27H38O/c1-18(2)7-6-8-19(3)23-11-12-24-22-10-9-20-17-21(28)13-15-26(20,4)25(22)14-16-27(23,24)5/h6,8-10,17-19,23,25H,7,11-16H2,1-5H3/b8-6+/t19?,23-,25?,26+,27-/m1/s1. The van der Waals surface area contributed by atoms with Crippen molar-refractivity contribution in [1.29, 1.82) is 0 Å². The Kier molecular flexibility index (Phi) is 5.09. The fourth-order valence-electron chi connectivity index (χ4n) is 6.90.